The molecule has 1 aromatic heterocycles. The van der Waals surface area contributed by atoms with Crippen molar-refractivity contribution in [3.63, 3.8) is 0 Å². The highest BCUT2D eigenvalue weighted by atomic mass is 16.5. The lowest BCUT2D eigenvalue weighted by molar-refractivity contribution is 0.416. The van der Waals surface area contributed by atoms with E-state index in [0.717, 1.165) is 0 Å². The summed E-state index contributed by atoms with van der Waals surface area (Å²) >= 11 is 0. The highest BCUT2D eigenvalue weighted by Gasteiger charge is 2.16. The van der Waals surface area contributed by atoms with Gasteiger partial charge in [-0.15, -0.1) is 0 Å². The van der Waals surface area contributed by atoms with Gasteiger partial charge in [0.1, 0.15) is 22.8 Å². The summed E-state index contributed by atoms with van der Waals surface area (Å²) in [5.74, 6) is 1.17. The van der Waals surface area contributed by atoms with Crippen molar-refractivity contribution in [2.75, 3.05) is 7.11 Å². The Morgan fingerprint density at radius 3 is 2.67 bits per heavy atom. The molecule has 0 fully saturated rings. The van der Waals surface area contributed by atoms with E-state index in [1.807, 2.05) is 18.2 Å². The van der Waals surface area contributed by atoms with Gasteiger partial charge in [-0.1, -0.05) is 18.2 Å². The average Bonchev–Trinajstić information content (AvgIpc) is 2.47. The Hall–Kier alpha value is -2.75. The van der Waals surface area contributed by atoms with Gasteiger partial charge in [0.05, 0.1) is 18.1 Å². The summed E-state index contributed by atoms with van der Waals surface area (Å²) in [6, 6.07) is 11.8. The van der Waals surface area contributed by atoms with Crippen molar-refractivity contribution in [3.05, 3.63) is 58.4 Å². The van der Waals surface area contributed by atoms with Crippen molar-refractivity contribution in [2.24, 2.45) is 0 Å². The summed E-state index contributed by atoms with van der Waals surface area (Å²) in [6.07, 6.45) is 0. The van der Waals surface area contributed by atoms with Crippen LogP contribution in [0.3, 0.4) is 0 Å². The standard InChI is InChI=1S/C17H14O4/c1-10-16(12-5-3-4-6-14(12)20-2)17(19)13-8-7-11(18)9-15(13)21-10/h3-9,18H,1-2H3. The zero-order valence-electron chi connectivity index (χ0n) is 11.7. The average molecular weight is 282 g/mol. The molecule has 1 N–H and O–H groups in total. The van der Waals surface area contributed by atoms with Crippen LogP contribution in [0, 0.1) is 6.92 Å². The first kappa shape index (κ1) is 13.2. The van der Waals surface area contributed by atoms with Crippen molar-refractivity contribution in [3.8, 4) is 22.6 Å². The molecule has 0 atom stereocenters. The maximum Gasteiger partial charge on any atom is 0.200 e. The van der Waals surface area contributed by atoms with Gasteiger partial charge in [-0.2, -0.15) is 0 Å². The maximum atomic E-state index is 12.7. The van der Waals surface area contributed by atoms with E-state index in [1.54, 1.807) is 26.2 Å². The number of ether oxygens (including phenoxy) is 1. The van der Waals surface area contributed by atoms with E-state index in [1.165, 1.54) is 12.1 Å². The number of hydrogen-bond donors (Lipinski definition) is 1. The summed E-state index contributed by atoms with van der Waals surface area (Å²) in [5.41, 5.74) is 1.40. The van der Waals surface area contributed by atoms with Crippen molar-refractivity contribution < 1.29 is 14.3 Å². The van der Waals surface area contributed by atoms with Crippen molar-refractivity contribution >= 4 is 11.0 Å². The van der Waals surface area contributed by atoms with Crippen LogP contribution in [-0.2, 0) is 0 Å². The number of para-hydroxylation sites is 1. The number of phenolic OH excluding ortho intramolecular Hbond substituents is 1. The molecule has 21 heavy (non-hydrogen) atoms. The minimum Gasteiger partial charge on any atom is -0.508 e. The van der Waals surface area contributed by atoms with Crippen LogP contribution >= 0.6 is 0 Å². The van der Waals surface area contributed by atoms with E-state index < -0.39 is 0 Å². The van der Waals surface area contributed by atoms with Gasteiger partial charge in [-0.25, -0.2) is 0 Å². The summed E-state index contributed by atoms with van der Waals surface area (Å²) in [4.78, 5) is 12.7. The Balaban J connectivity index is 2.38. The molecular weight excluding hydrogens is 268 g/mol. The molecule has 0 spiro atoms. The zero-order valence-corrected chi connectivity index (χ0v) is 11.7. The van der Waals surface area contributed by atoms with Crippen LogP contribution in [0.15, 0.2) is 51.7 Å². The number of phenols is 1. The Kier molecular flexibility index (Phi) is 3.14. The Morgan fingerprint density at radius 1 is 1.14 bits per heavy atom. The molecule has 0 saturated heterocycles. The molecule has 0 aliphatic heterocycles. The van der Waals surface area contributed by atoms with Gasteiger partial charge in [-0.3, -0.25) is 4.79 Å². The van der Waals surface area contributed by atoms with Gasteiger partial charge in [0.25, 0.3) is 0 Å². The minimum absolute atomic E-state index is 0.0649. The second kappa shape index (κ2) is 4.98. The molecule has 0 amide bonds. The number of aryl methyl sites for hydroxylation is 1. The number of hydrogen-bond acceptors (Lipinski definition) is 4. The quantitative estimate of drug-likeness (QED) is 0.781. The monoisotopic (exact) mass is 282 g/mol. The summed E-state index contributed by atoms with van der Waals surface area (Å²) in [7, 11) is 1.56. The van der Waals surface area contributed by atoms with Crippen molar-refractivity contribution in [1.82, 2.24) is 0 Å². The third-order valence-electron chi connectivity index (χ3n) is 3.43. The number of fused-ring (bicyclic) bond motifs is 1. The first-order valence-corrected chi connectivity index (χ1v) is 6.51. The molecule has 3 aromatic rings. The largest absolute Gasteiger partial charge is 0.508 e. The fourth-order valence-electron chi connectivity index (χ4n) is 2.46. The molecule has 4 nitrogen and oxygen atoms in total. The lowest BCUT2D eigenvalue weighted by Crippen LogP contribution is -2.08. The summed E-state index contributed by atoms with van der Waals surface area (Å²) < 4.78 is 11.0. The second-order valence-corrected chi connectivity index (χ2v) is 4.74. The lowest BCUT2D eigenvalue weighted by Gasteiger charge is -2.10. The predicted octanol–water partition coefficient (Wildman–Crippen LogP) is 3.48. The maximum absolute atomic E-state index is 12.7. The number of benzene rings is 2. The summed E-state index contributed by atoms with van der Waals surface area (Å²) in [5, 5.41) is 9.93. The van der Waals surface area contributed by atoms with Gasteiger partial charge in [0.2, 0.25) is 5.43 Å². The highest BCUT2D eigenvalue weighted by molar-refractivity contribution is 5.85. The second-order valence-electron chi connectivity index (χ2n) is 4.74. The molecule has 0 aliphatic rings. The lowest BCUT2D eigenvalue weighted by atomic mass is 10.0. The van der Waals surface area contributed by atoms with Gasteiger partial charge >= 0.3 is 0 Å². The van der Waals surface area contributed by atoms with Crippen molar-refractivity contribution in [2.45, 2.75) is 6.92 Å². The van der Waals surface area contributed by atoms with Crippen LogP contribution in [0.4, 0.5) is 0 Å². The Morgan fingerprint density at radius 2 is 1.90 bits per heavy atom. The minimum atomic E-state index is -0.141. The highest BCUT2D eigenvalue weighted by Crippen LogP contribution is 2.31. The molecule has 0 unspecified atom stereocenters. The fraction of sp³-hybridized carbons (Fsp3) is 0.118. The van der Waals surface area contributed by atoms with Gasteiger partial charge in [-0.05, 0) is 25.1 Å². The number of aromatic hydroxyl groups is 1. The van der Waals surface area contributed by atoms with Gasteiger partial charge < -0.3 is 14.3 Å². The Bertz CT molecular complexity index is 878. The Labute approximate surface area is 121 Å². The van der Waals surface area contributed by atoms with E-state index in [0.29, 0.717) is 33.6 Å². The SMILES string of the molecule is COc1ccccc1-c1c(C)oc2cc(O)ccc2c1=O. The molecular formula is C17H14O4. The molecule has 4 heteroatoms. The third kappa shape index (κ3) is 2.14. The van der Waals surface area contributed by atoms with E-state index in [9.17, 15) is 9.90 Å². The predicted molar refractivity (Wildman–Crippen MR) is 80.9 cm³/mol. The van der Waals surface area contributed by atoms with Crippen molar-refractivity contribution in [1.29, 1.82) is 0 Å². The zero-order chi connectivity index (χ0) is 15.0. The molecule has 106 valence electrons. The van der Waals surface area contributed by atoms with E-state index in [4.69, 9.17) is 9.15 Å². The van der Waals surface area contributed by atoms with Crippen LogP contribution in [0.25, 0.3) is 22.1 Å². The normalized spacial score (nSPS) is 10.8. The van der Waals surface area contributed by atoms with Crippen LogP contribution in [0.2, 0.25) is 0 Å². The van der Waals surface area contributed by atoms with E-state index in [2.05, 4.69) is 0 Å². The molecule has 0 bridgehead atoms. The molecule has 3 rings (SSSR count). The number of methoxy groups -OCH3 is 1. The van der Waals surface area contributed by atoms with Crippen LogP contribution in [-0.4, -0.2) is 12.2 Å². The van der Waals surface area contributed by atoms with E-state index >= 15 is 0 Å². The van der Waals surface area contributed by atoms with Crippen LogP contribution < -0.4 is 10.2 Å². The summed E-state index contributed by atoms with van der Waals surface area (Å²) in [6.45, 7) is 1.73. The fourth-order valence-corrected chi connectivity index (χ4v) is 2.46. The van der Waals surface area contributed by atoms with Crippen LogP contribution in [0.1, 0.15) is 5.76 Å². The molecule has 0 radical (unpaired) electrons. The van der Waals surface area contributed by atoms with Gasteiger partial charge in [0.15, 0.2) is 0 Å². The molecule has 0 saturated carbocycles. The smallest absolute Gasteiger partial charge is 0.200 e. The first-order chi connectivity index (χ1) is 10.1. The van der Waals surface area contributed by atoms with Crippen LogP contribution in [0.5, 0.6) is 11.5 Å². The molecule has 2 aromatic carbocycles. The third-order valence-corrected chi connectivity index (χ3v) is 3.43. The van der Waals surface area contributed by atoms with E-state index in [-0.39, 0.29) is 11.2 Å². The topological polar surface area (TPSA) is 59.7 Å². The number of rotatable bonds is 2. The molecule has 0 aliphatic carbocycles. The van der Waals surface area contributed by atoms with Gasteiger partial charge in [0, 0.05) is 11.6 Å². The first-order valence-electron chi connectivity index (χ1n) is 6.51. The molecule has 1 heterocycles.